The molecule has 1 saturated carbocycles. The Hall–Kier alpha value is -0.560. The molecule has 0 amide bonds. The summed E-state index contributed by atoms with van der Waals surface area (Å²) in [5.41, 5.74) is 3.16. The zero-order chi connectivity index (χ0) is 10.2. The maximum atomic E-state index is 3.92. The molecule has 15 heavy (non-hydrogen) atoms. The van der Waals surface area contributed by atoms with Gasteiger partial charge in [0.05, 0.1) is 0 Å². The van der Waals surface area contributed by atoms with E-state index in [1.54, 1.807) is 11.1 Å². The van der Waals surface area contributed by atoms with E-state index in [0.717, 1.165) is 11.8 Å². The van der Waals surface area contributed by atoms with Crippen LogP contribution in [0.5, 0.6) is 0 Å². The molecule has 0 aromatic heterocycles. The van der Waals surface area contributed by atoms with Gasteiger partial charge in [-0.15, -0.1) is 0 Å². The lowest BCUT2D eigenvalue weighted by molar-refractivity contribution is 0.523. The number of rotatable bonds is 0. The molecule has 0 spiro atoms. The van der Waals surface area contributed by atoms with Crippen LogP contribution in [0.4, 0.5) is 0 Å². The maximum absolute atomic E-state index is 3.92. The molecule has 5 atom stereocenters. The van der Waals surface area contributed by atoms with Gasteiger partial charge >= 0.3 is 0 Å². The molecule has 1 aromatic rings. The van der Waals surface area contributed by atoms with Crippen molar-refractivity contribution in [3.8, 4) is 0 Å². The van der Waals surface area contributed by atoms with E-state index >= 15 is 0 Å². The first-order valence-electron chi connectivity index (χ1n) is 5.67. The van der Waals surface area contributed by atoms with Crippen molar-refractivity contribution in [3.63, 3.8) is 0 Å². The van der Waals surface area contributed by atoms with Crippen molar-refractivity contribution in [2.45, 2.75) is 23.1 Å². The van der Waals surface area contributed by atoms with Gasteiger partial charge in [0.1, 0.15) is 0 Å². The molecule has 0 radical (unpaired) electrons. The number of hydrogen-bond acceptors (Lipinski definition) is 0. The maximum Gasteiger partial charge on any atom is 0.0310 e. The van der Waals surface area contributed by atoms with Crippen LogP contribution in [0.3, 0.4) is 0 Å². The molecule has 4 aliphatic rings. The Morgan fingerprint density at radius 2 is 1.47 bits per heavy atom. The largest absolute Gasteiger partial charge is 0.0849 e. The highest BCUT2D eigenvalue weighted by molar-refractivity contribution is 9.10. The Bertz CT molecular complexity index is 431. The van der Waals surface area contributed by atoms with Gasteiger partial charge < -0.3 is 0 Å². The minimum absolute atomic E-state index is 0.380. The highest BCUT2D eigenvalue weighted by Crippen LogP contribution is 2.73. The third-order valence-corrected chi connectivity index (χ3v) is 5.65. The smallest absolute Gasteiger partial charge is 0.0310 e. The average Bonchev–Trinajstić information content (AvgIpc) is 2.86. The van der Waals surface area contributed by atoms with Crippen LogP contribution in [0.25, 0.3) is 0 Å². The predicted octanol–water partition coefficient (Wildman–Crippen LogP) is 3.84. The van der Waals surface area contributed by atoms with Crippen LogP contribution in [-0.4, -0.2) is 4.32 Å². The lowest BCUT2D eigenvalue weighted by atomic mass is 9.72. The molecule has 0 heterocycles. The van der Waals surface area contributed by atoms with Gasteiger partial charge in [-0.25, -0.2) is 0 Å². The molecule has 2 bridgehead atoms. The third-order valence-electron chi connectivity index (χ3n) is 4.60. The van der Waals surface area contributed by atoms with Gasteiger partial charge in [0.2, 0.25) is 0 Å². The van der Waals surface area contributed by atoms with Gasteiger partial charge in [0.15, 0.2) is 0 Å². The van der Waals surface area contributed by atoms with Crippen LogP contribution in [0.15, 0.2) is 36.4 Å². The first kappa shape index (κ1) is 8.58. The summed E-state index contributed by atoms with van der Waals surface area (Å²) in [5, 5.41) is 0. The molecule has 1 heteroatoms. The summed E-state index contributed by atoms with van der Waals surface area (Å²) < 4.78 is 0.380. The van der Waals surface area contributed by atoms with Crippen LogP contribution in [-0.2, 0) is 0 Å². The van der Waals surface area contributed by atoms with E-state index in [-0.39, 0.29) is 0 Å². The molecule has 0 N–H and O–H groups in total. The second kappa shape index (κ2) is 2.40. The van der Waals surface area contributed by atoms with Crippen LogP contribution >= 0.6 is 15.9 Å². The van der Waals surface area contributed by atoms with Gasteiger partial charge in [-0.2, -0.15) is 0 Å². The Kier molecular flexibility index (Phi) is 1.37. The molecule has 5 rings (SSSR count). The van der Waals surface area contributed by atoms with E-state index in [1.807, 2.05) is 0 Å². The number of alkyl halides is 1. The molecule has 1 fully saturated rings. The zero-order valence-electron chi connectivity index (χ0n) is 8.65. The van der Waals surface area contributed by atoms with Crippen molar-refractivity contribution in [3.05, 3.63) is 47.5 Å². The van der Waals surface area contributed by atoms with Gasteiger partial charge in [0, 0.05) is 16.2 Å². The van der Waals surface area contributed by atoms with E-state index < -0.39 is 0 Å². The minimum atomic E-state index is 0.380. The number of halogens is 1. The van der Waals surface area contributed by atoms with Crippen molar-refractivity contribution in [2.24, 2.45) is 11.8 Å². The fourth-order valence-electron chi connectivity index (χ4n) is 3.89. The van der Waals surface area contributed by atoms with Gasteiger partial charge in [0.25, 0.3) is 0 Å². The lowest BCUT2D eigenvalue weighted by Gasteiger charge is -2.32. The molecule has 4 aliphatic carbocycles. The molecular weight excluding hydrogens is 248 g/mol. The first-order chi connectivity index (χ1) is 7.21. The van der Waals surface area contributed by atoms with E-state index in [2.05, 4.69) is 59.3 Å². The van der Waals surface area contributed by atoms with Crippen LogP contribution in [0, 0.1) is 11.8 Å². The highest BCUT2D eigenvalue weighted by atomic mass is 79.9. The van der Waals surface area contributed by atoms with Crippen LogP contribution in [0.2, 0.25) is 0 Å². The van der Waals surface area contributed by atoms with E-state index in [4.69, 9.17) is 0 Å². The molecule has 0 saturated heterocycles. The molecule has 1 aromatic carbocycles. The third kappa shape index (κ3) is 0.852. The zero-order valence-corrected chi connectivity index (χ0v) is 10.2. The molecular formula is C14H13Br. The summed E-state index contributed by atoms with van der Waals surface area (Å²) in [4.78, 5) is 0. The predicted molar refractivity (Wildman–Crippen MR) is 65.4 cm³/mol. The van der Waals surface area contributed by atoms with Crippen LogP contribution in [0.1, 0.15) is 29.9 Å². The van der Waals surface area contributed by atoms with Gasteiger partial charge in [-0.05, 0) is 29.9 Å². The standard InChI is InChI=1S/C14H13Br/c1-14(15)12-10-6-7-11(13(12)14)9-5-3-2-4-8(9)10/h2-7,10-13H,1H3/t10-,11+,12-,13+,14?. The fourth-order valence-corrected chi connectivity index (χ4v) is 4.89. The summed E-state index contributed by atoms with van der Waals surface area (Å²) in [7, 11) is 0. The molecule has 76 valence electrons. The Morgan fingerprint density at radius 3 is 1.93 bits per heavy atom. The average molecular weight is 261 g/mol. The summed E-state index contributed by atoms with van der Waals surface area (Å²) >= 11 is 3.92. The van der Waals surface area contributed by atoms with Gasteiger partial charge in [-0.3, -0.25) is 0 Å². The summed E-state index contributed by atoms with van der Waals surface area (Å²) in [6, 6.07) is 8.98. The molecule has 1 unspecified atom stereocenters. The van der Waals surface area contributed by atoms with Crippen molar-refractivity contribution >= 4 is 15.9 Å². The highest BCUT2D eigenvalue weighted by Gasteiger charge is 2.68. The first-order valence-corrected chi connectivity index (χ1v) is 6.46. The number of allylic oxidation sites excluding steroid dienone is 2. The summed E-state index contributed by atoms with van der Waals surface area (Å²) in [5.74, 6) is 3.01. The Morgan fingerprint density at radius 1 is 1.00 bits per heavy atom. The van der Waals surface area contributed by atoms with E-state index in [1.165, 1.54) is 0 Å². The van der Waals surface area contributed by atoms with Crippen molar-refractivity contribution in [1.82, 2.24) is 0 Å². The van der Waals surface area contributed by atoms with E-state index in [0.29, 0.717) is 16.2 Å². The van der Waals surface area contributed by atoms with Gasteiger partial charge in [-0.1, -0.05) is 52.3 Å². The Labute approximate surface area is 98.5 Å². The SMILES string of the molecule is CC1(Br)[C@@H]2[C@H]1[C@@H]1C=C[C@H]2c2ccccc21. The second-order valence-electron chi connectivity index (χ2n) is 5.27. The topological polar surface area (TPSA) is 0 Å². The fraction of sp³-hybridized carbons (Fsp3) is 0.429. The Balaban J connectivity index is 1.95. The van der Waals surface area contributed by atoms with Crippen molar-refractivity contribution < 1.29 is 0 Å². The number of hydrogen-bond donors (Lipinski definition) is 0. The second-order valence-corrected chi connectivity index (χ2v) is 6.98. The van der Waals surface area contributed by atoms with Crippen molar-refractivity contribution in [1.29, 1.82) is 0 Å². The van der Waals surface area contributed by atoms with Crippen molar-refractivity contribution in [2.75, 3.05) is 0 Å². The van der Waals surface area contributed by atoms with E-state index in [9.17, 15) is 0 Å². The quantitative estimate of drug-likeness (QED) is 0.491. The monoisotopic (exact) mass is 260 g/mol. The lowest BCUT2D eigenvalue weighted by Crippen LogP contribution is -2.19. The summed E-state index contributed by atoms with van der Waals surface area (Å²) in [6.45, 7) is 2.36. The van der Waals surface area contributed by atoms with Crippen LogP contribution < -0.4 is 0 Å². The normalized spacial score (nSPS) is 48.7. The summed E-state index contributed by atoms with van der Waals surface area (Å²) in [6.07, 6.45) is 4.86. The molecule has 0 nitrogen and oxygen atoms in total. The minimum Gasteiger partial charge on any atom is -0.0849 e. The molecule has 0 aliphatic heterocycles. The number of benzene rings is 1.